The highest BCUT2D eigenvalue weighted by Crippen LogP contribution is 2.20. The number of hydrogen-bond donors (Lipinski definition) is 2. The van der Waals surface area contributed by atoms with Crippen molar-refractivity contribution >= 4 is 10.0 Å². The SMILES string of the molecule is CCCNCCS(=O)(=O)NC(CC)(CC)CC. The third-order valence-electron chi connectivity index (χ3n) is 3.38. The number of sulfonamides is 1. The number of rotatable bonds is 10. The maximum atomic E-state index is 11.9. The summed E-state index contributed by atoms with van der Waals surface area (Å²) in [5.74, 6) is 0.161. The van der Waals surface area contributed by atoms with Gasteiger partial charge in [0.25, 0.3) is 0 Å². The first-order chi connectivity index (χ1) is 7.95. The zero-order valence-corrected chi connectivity index (χ0v) is 12.5. The van der Waals surface area contributed by atoms with Gasteiger partial charge in [0.1, 0.15) is 0 Å². The Hall–Kier alpha value is -0.130. The minimum Gasteiger partial charge on any atom is -0.316 e. The third-order valence-corrected chi connectivity index (χ3v) is 4.86. The summed E-state index contributed by atoms with van der Waals surface area (Å²) in [6.45, 7) is 9.56. The van der Waals surface area contributed by atoms with E-state index >= 15 is 0 Å². The molecule has 0 radical (unpaired) electrons. The van der Waals surface area contributed by atoms with Gasteiger partial charge >= 0.3 is 0 Å². The van der Waals surface area contributed by atoms with Crippen molar-refractivity contribution in [3.8, 4) is 0 Å². The van der Waals surface area contributed by atoms with Gasteiger partial charge in [0.15, 0.2) is 0 Å². The second kappa shape index (κ2) is 8.06. The summed E-state index contributed by atoms with van der Waals surface area (Å²) < 4.78 is 26.7. The van der Waals surface area contributed by atoms with Crippen molar-refractivity contribution in [1.82, 2.24) is 10.0 Å². The van der Waals surface area contributed by atoms with Crippen LogP contribution in [0, 0.1) is 0 Å². The largest absolute Gasteiger partial charge is 0.316 e. The molecule has 17 heavy (non-hydrogen) atoms. The second-order valence-electron chi connectivity index (χ2n) is 4.51. The van der Waals surface area contributed by atoms with E-state index in [4.69, 9.17) is 0 Å². The van der Waals surface area contributed by atoms with Gasteiger partial charge in [-0.25, -0.2) is 13.1 Å². The molecule has 104 valence electrons. The zero-order chi connectivity index (χ0) is 13.4. The fourth-order valence-corrected chi connectivity index (χ4v) is 3.46. The summed E-state index contributed by atoms with van der Waals surface area (Å²) in [5.41, 5.74) is -0.260. The Kier molecular flexibility index (Phi) is 8.00. The molecule has 0 atom stereocenters. The Bertz CT molecular complexity index is 277. The minimum atomic E-state index is -3.17. The van der Waals surface area contributed by atoms with E-state index in [-0.39, 0.29) is 11.3 Å². The summed E-state index contributed by atoms with van der Waals surface area (Å²) in [7, 11) is -3.17. The molecular weight excluding hydrogens is 236 g/mol. The van der Waals surface area contributed by atoms with Gasteiger partial charge in [-0.3, -0.25) is 0 Å². The molecule has 0 rings (SSSR count). The van der Waals surface area contributed by atoms with Gasteiger partial charge in [-0.15, -0.1) is 0 Å². The van der Waals surface area contributed by atoms with E-state index in [1.54, 1.807) is 0 Å². The molecule has 0 aliphatic carbocycles. The van der Waals surface area contributed by atoms with Crippen molar-refractivity contribution < 1.29 is 8.42 Å². The van der Waals surface area contributed by atoms with E-state index in [0.29, 0.717) is 6.54 Å². The Balaban J connectivity index is 4.31. The first-order valence-corrected chi connectivity index (χ1v) is 8.32. The Morgan fingerprint density at radius 3 is 1.88 bits per heavy atom. The van der Waals surface area contributed by atoms with Crippen LogP contribution in [0.3, 0.4) is 0 Å². The smallest absolute Gasteiger partial charge is 0.213 e. The van der Waals surface area contributed by atoms with Gasteiger partial charge in [0.2, 0.25) is 10.0 Å². The minimum absolute atomic E-state index is 0.161. The maximum absolute atomic E-state index is 11.9. The molecule has 0 aliphatic rings. The Labute approximate surface area is 107 Å². The van der Waals surface area contributed by atoms with Gasteiger partial charge in [0, 0.05) is 12.1 Å². The number of hydrogen-bond acceptors (Lipinski definition) is 3. The molecule has 0 saturated carbocycles. The molecule has 2 N–H and O–H groups in total. The standard InChI is InChI=1S/C12H28N2O2S/c1-5-9-13-10-11-17(15,16)14-12(6-2,7-3)8-4/h13-14H,5-11H2,1-4H3. The van der Waals surface area contributed by atoms with Crippen molar-refractivity contribution in [3.05, 3.63) is 0 Å². The van der Waals surface area contributed by atoms with Gasteiger partial charge in [0.05, 0.1) is 5.75 Å². The summed E-state index contributed by atoms with van der Waals surface area (Å²) in [5, 5.41) is 3.11. The zero-order valence-electron chi connectivity index (χ0n) is 11.7. The van der Waals surface area contributed by atoms with Crippen molar-refractivity contribution in [3.63, 3.8) is 0 Å². The third kappa shape index (κ3) is 6.38. The van der Waals surface area contributed by atoms with E-state index in [0.717, 1.165) is 32.2 Å². The molecule has 0 aromatic rings. The predicted octanol–water partition coefficient (Wildman–Crippen LogP) is 1.87. The van der Waals surface area contributed by atoms with Gasteiger partial charge in [-0.1, -0.05) is 27.7 Å². The van der Waals surface area contributed by atoms with E-state index in [2.05, 4.69) is 17.0 Å². The van der Waals surface area contributed by atoms with Crippen LogP contribution in [0.5, 0.6) is 0 Å². The first-order valence-electron chi connectivity index (χ1n) is 6.67. The van der Waals surface area contributed by atoms with Crippen LogP contribution in [0.2, 0.25) is 0 Å². The van der Waals surface area contributed by atoms with Crippen LogP contribution in [0.25, 0.3) is 0 Å². The first kappa shape index (κ1) is 16.9. The molecule has 0 fully saturated rings. The van der Waals surface area contributed by atoms with Gasteiger partial charge in [-0.2, -0.15) is 0 Å². The topological polar surface area (TPSA) is 58.2 Å². The van der Waals surface area contributed by atoms with Crippen LogP contribution in [0.4, 0.5) is 0 Å². The highest BCUT2D eigenvalue weighted by atomic mass is 32.2. The van der Waals surface area contributed by atoms with Crippen LogP contribution >= 0.6 is 0 Å². The molecule has 0 amide bonds. The van der Waals surface area contributed by atoms with Crippen LogP contribution < -0.4 is 10.0 Å². The quantitative estimate of drug-likeness (QED) is 0.592. The lowest BCUT2D eigenvalue weighted by molar-refractivity contribution is 0.341. The normalized spacial score (nSPS) is 12.9. The maximum Gasteiger partial charge on any atom is 0.213 e. The second-order valence-corrected chi connectivity index (χ2v) is 6.35. The predicted molar refractivity (Wildman–Crippen MR) is 73.7 cm³/mol. The molecule has 4 nitrogen and oxygen atoms in total. The summed E-state index contributed by atoms with van der Waals surface area (Å²) in [4.78, 5) is 0. The Morgan fingerprint density at radius 2 is 1.47 bits per heavy atom. The summed E-state index contributed by atoms with van der Waals surface area (Å²) >= 11 is 0. The molecule has 0 aromatic carbocycles. The van der Waals surface area contributed by atoms with Crippen LogP contribution in [0.15, 0.2) is 0 Å². The van der Waals surface area contributed by atoms with Crippen molar-refractivity contribution in [1.29, 1.82) is 0 Å². The molecule has 5 heteroatoms. The average molecular weight is 264 g/mol. The number of nitrogens with one attached hydrogen (secondary N) is 2. The molecule has 0 heterocycles. The van der Waals surface area contributed by atoms with E-state index in [1.165, 1.54) is 0 Å². The highest BCUT2D eigenvalue weighted by molar-refractivity contribution is 7.89. The average Bonchev–Trinajstić information content (AvgIpc) is 2.32. The van der Waals surface area contributed by atoms with Crippen LogP contribution in [0.1, 0.15) is 53.4 Å². The highest BCUT2D eigenvalue weighted by Gasteiger charge is 2.28. The lowest BCUT2D eigenvalue weighted by Gasteiger charge is -2.31. The molecule has 0 aromatic heterocycles. The van der Waals surface area contributed by atoms with Crippen LogP contribution in [-0.2, 0) is 10.0 Å². The molecule has 0 spiro atoms. The summed E-state index contributed by atoms with van der Waals surface area (Å²) in [6.07, 6.45) is 3.53. The van der Waals surface area contributed by atoms with E-state index < -0.39 is 10.0 Å². The monoisotopic (exact) mass is 264 g/mol. The van der Waals surface area contributed by atoms with E-state index in [1.807, 2.05) is 20.8 Å². The van der Waals surface area contributed by atoms with Gasteiger partial charge in [-0.05, 0) is 32.2 Å². The molecule has 0 aliphatic heterocycles. The van der Waals surface area contributed by atoms with Crippen molar-refractivity contribution in [2.24, 2.45) is 0 Å². The molecule has 0 saturated heterocycles. The van der Waals surface area contributed by atoms with Gasteiger partial charge < -0.3 is 5.32 Å². The summed E-state index contributed by atoms with van der Waals surface area (Å²) in [6, 6.07) is 0. The fraction of sp³-hybridized carbons (Fsp3) is 1.00. The molecule has 0 bridgehead atoms. The molecule has 0 unspecified atom stereocenters. The molecular formula is C12H28N2O2S. The van der Waals surface area contributed by atoms with Crippen molar-refractivity contribution in [2.45, 2.75) is 58.9 Å². The fourth-order valence-electron chi connectivity index (χ4n) is 1.86. The van der Waals surface area contributed by atoms with E-state index in [9.17, 15) is 8.42 Å². The Morgan fingerprint density at radius 1 is 0.941 bits per heavy atom. The lowest BCUT2D eigenvalue weighted by Crippen LogP contribution is -2.48. The van der Waals surface area contributed by atoms with Crippen molar-refractivity contribution in [2.75, 3.05) is 18.8 Å². The van der Waals surface area contributed by atoms with Crippen LogP contribution in [-0.4, -0.2) is 32.8 Å². The lowest BCUT2D eigenvalue weighted by atomic mass is 9.91.